The Balaban J connectivity index is 1.28. The fourth-order valence-corrected chi connectivity index (χ4v) is 5.36. The maximum absolute atomic E-state index is 6.25. The monoisotopic (exact) mass is 370 g/mol. The lowest BCUT2D eigenvalue weighted by atomic mass is 9.79. The van der Waals surface area contributed by atoms with Gasteiger partial charge in [-0.3, -0.25) is 0 Å². The minimum atomic E-state index is 0.524. The van der Waals surface area contributed by atoms with Gasteiger partial charge in [0.1, 0.15) is 0 Å². The van der Waals surface area contributed by atoms with Crippen LogP contribution in [0, 0.1) is 11.8 Å². The molecule has 2 aliphatic carbocycles. The highest BCUT2D eigenvalue weighted by Gasteiger charge is 2.23. The molecule has 0 N–H and O–H groups in total. The minimum Gasteiger partial charge on any atom is -0.378 e. The summed E-state index contributed by atoms with van der Waals surface area (Å²) in [4.78, 5) is 0. The Morgan fingerprint density at radius 2 is 1.48 bits per heavy atom. The van der Waals surface area contributed by atoms with E-state index >= 15 is 0 Å². The van der Waals surface area contributed by atoms with E-state index in [9.17, 15) is 0 Å². The van der Waals surface area contributed by atoms with Crippen LogP contribution in [0.1, 0.15) is 108 Å². The average molecular weight is 371 g/mol. The van der Waals surface area contributed by atoms with E-state index in [1.165, 1.54) is 89.0 Å². The van der Waals surface area contributed by atoms with E-state index in [1.54, 1.807) is 5.56 Å². The molecule has 1 aromatic rings. The van der Waals surface area contributed by atoms with Crippen molar-refractivity contribution in [2.24, 2.45) is 11.8 Å². The van der Waals surface area contributed by atoms with Gasteiger partial charge in [0.05, 0.1) is 6.10 Å². The standard InChI is InChI=1S/C26H42O/c1-3-6-22-12-14-24(15-13-22)25-16-18-26(19-17-25)27-20-5-7-23-10-8-21(4-2)9-11-23/h12-15,21,23,25-26H,3-11,16-20H2,1-2H3. The molecule has 2 aliphatic rings. The Morgan fingerprint density at radius 1 is 0.815 bits per heavy atom. The van der Waals surface area contributed by atoms with Crippen molar-refractivity contribution in [1.82, 2.24) is 0 Å². The molecule has 0 bridgehead atoms. The molecule has 0 aromatic heterocycles. The normalized spacial score (nSPS) is 29.0. The summed E-state index contributed by atoms with van der Waals surface area (Å²) in [5.41, 5.74) is 3.04. The van der Waals surface area contributed by atoms with Crippen LogP contribution in [0.15, 0.2) is 24.3 Å². The molecule has 1 aromatic carbocycles. The minimum absolute atomic E-state index is 0.524. The highest BCUT2D eigenvalue weighted by atomic mass is 16.5. The average Bonchev–Trinajstić information content (AvgIpc) is 2.73. The van der Waals surface area contributed by atoms with Gasteiger partial charge in [-0.2, -0.15) is 0 Å². The summed E-state index contributed by atoms with van der Waals surface area (Å²) in [5.74, 6) is 2.77. The fourth-order valence-electron chi connectivity index (χ4n) is 5.36. The molecular formula is C26H42O. The summed E-state index contributed by atoms with van der Waals surface area (Å²) in [6, 6.07) is 9.44. The van der Waals surface area contributed by atoms with Crippen molar-refractivity contribution in [3.8, 4) is 0 Å². The number of benzene rings is 1. The van der Waals surface area contributed by atoms with E-state index in [4.69, 9.17) is 4.74 Å². The molecule has 0 amide bonds. The van der Waals surface area contributed by atoms with Crippen LogP contribution in [0.25, 0.3) is 0 Å². The van der Waals surface area contributed by atoms with Crippen LogP contribution in [0.4, 0.5) is 0 Å². The maximum Gasteiger partial charge on any atom is 0.0575 e. The lowest BCUT2D eigenvalue weighted by Crippen LogP contribution is -2.21. The molecule has 0 spiro atoms. The lowest BCUT2D eigenvalue weighted by molar-refractivity contribution is 0.0205. The van der Waals surface area contributed by atoms with E-state index in [-0.39, 0.29) is 0 Å². The first-order valence-electron chi connectivity index (χ1n) is 12.0. The summed E-state index contributed by atoms with van der Waals surface area (Å²) < 4.78 is 6.25. The number of hydrogen-bond acceptors (Lipinski definition) is 1. The van der Waals surface area contributed by atoms with Crippen molar-refractivity contribution in [3.63, 3.8) is 0 Å². The molecule has 0 aliphatic heterocycles. The highest BCUT2D eigenvalue weighted by Crippen LogP contribution is 2.35. The molecular weight excluding hydrogens is 328 g/mol. The van der Waals surface area contributed by atoms with Gasteiger partial charge in [-0.25, -0.2) is 0 Å². The van der Waals surface area contributed by atoms with Crippen molar-refractivity contribution < 1.29 is 4.74 Å². The molecule has 1 heteroatoms. The first-order valence-corrected chi connectivity index (χ1v) is 12.0. The van der Waals surface area contributed by atoms with Gasteiger partial charge in [0, 0.05) is 6.61 Å². The molecule has 152 valence electrons. The molecule has 0 radical (unpaired) electrons. The SMILES string of the molecule is CCCc1ccc(C2CCC(OCCCC3CCC(CC)CC3)CC2)cc1. The zero-order valence-corrected chi connectivity index (χ0v) is 17.9. The molecule has 1 nitrogen and oxygen atoms in total. The van der Waals surface area contributed by atoms with Crippen LogP contribution in [0.2, 0.25) is 0 Å². The van der Waals surface area contributed by atoms with Crippen LogP contribution >= 0.6 is 0 Å². The second kappa shape index (κ2) is 11.2. The van der Waals surface area contributed by atoms with Gasteiger partial charge in [-0.1, -0.05) is 76.6 Å². The quantitative estimate of drug-likeness (QED) is 0.405. The predicted molar refractivity (Wildman–Crippen MR) is 116 cm³/mol. The van der Waals surface area contributed by atoms with Crippen molar-refractivity contribution in [1.29, 1.82) is 0 Å². The van der Waals surface area contributed by atoms with Crippen LogP contribution < -0.4 is 0 Å². The molecule has 0 saturated heterocycles. The second-order valence-electron chi connectivity index (χ2n) is 9.27. The maximum atomic E-state index is 6.25. The van der Waals surface area contributed by atoms with Crippen molar-refractivity contribution >= 4 is 0 Å². The van der Waals surface area contributed by atoms with E-state index in [0.717, 1.165) is 24.4 Å². The number of rotatable bonds is 9. The van der Waals surface area contributed by atoms with Gasteiger partial charge >= 0.3 is 0 Å². The Bertz CT molecular complexity index is 504. The first kappa shape index (κ1) is 20.9. The largest absolute Gasteiger partial charge is 0.378 e. The van der Waals surface area contributed by atoms with Gasteiger partial charge in [0.15, 0.2) is 0 Å². The third-order valence-electron chi connectivity index (χ3n) is 7.32. The van der Waals surface area contributed by atoms with Crippen LogP contribution in [-0.4, -0.2) is 12.7 Å². The van der Waals surface area contributed by atoms with Crippen LogP contribution in [0.3, 0.4) is 0 Å². The number of ether oxygens (including phenoxy) is 1. The zero-order valence-electron chi connectivity index (χ0n) is 17.9. The number of aryl methyl sites for hydroxylation is 1. The Hall–Kier alpha value is -0.820. The molecule has 0 atom stereocenters. The van der Waals surface area contributed by atoms with E-state index in [1.807, 2.05) is 0 Å². The molecule has 2 saturated carbocycles. The Morgan fingerprint density at radius 3 is 2.11 bits per heavy atom. The number of hydrogen-bond donors (Lipinski definition) is 0. The topological polar surface area (TPSA) is 9.23 Å². The van der Waals surface area contributed by atoms with Crippen molar-refractivity contribution in [3.05, 3.63) is 35.4 Å². The van der Waals surface area contributed by atoms with Crippen molar-refractivity contribution in [2.75, 3.05) is 6.61 Å². The van der Waals surface area contributed by atoms with Crippen LogP contribution in [0.5, 0.6) is 0 Å². The lowest BCUT2D eigenvalue weighted by Gasteiger charge is -2.30. The Labute approximate surface area is 168 Å². The third-order valence-corrected chi connectivity index (χ3v) is 7.32. The molecule has 3 rings (SSSR count). The highest BCUT2D eigenvalue weighted by molar-refractivity contribution is 5.25. The fraction of sp³-hybridized carbons (Fsp3) is 0.769. The third kappa shape index (κ3) is 6.63. The molecule has 0 heterocycles. The van der Waals surface area contributed by atoms with Gasteiger partial charge in [0.25, 0.3) is 0 Å². The first-order chi connectivity index (χ1) is 13.3. The second-order valence-corrected chi connectivity index (χ2v) is 9.27. The smallest absolute Gasteiger partial charge is 0.0575 e. The Kier molecular flexibility index (Phi) is 8.71. The summed E-state index contributed by atoms with van der Waals surface area (Å²) in [6.45, 7) is 5.61. The van der Waals surface area contributed by atoms with Crippen LogP contribution in [-0.2, 0) is 11.2 Å². The summed E-state index contributed by atoms with van der Waals surface area (Å²) in [7, 11) is 0. The molecule has 2 fully saturated rings. The summed E-state index contributed by atoms with van der Waals surface area (Å²) in [6.07, 6.45) is 18.1. The van der Waals surface area contributed by atoms with E-state index < -0.39 is 0 Å². The molecule has 27 heavy (non-hydrogen) atoms. The predicted octanol–water partition coefficient (Wildman–Crippen LogP) is 7.68. The summed E-state index contributed by atoms with van der Waals surface area (Å²) >= 11 is 0. The van der Waals surface area contributed by atoms with Gasteiger partial charge < -0.3 is 4.74 Å². The zero-order chi connectivity index (χ0) is 18.9. The van der Waals surface area contributed by atoms with Crippen molar-refractivity contribution in [2.45, 2.75) is 109 Å². The van der Waals surface area contributed by atoms with E-state index in [2.05, 4.69) is 38.1 Å². The van der Waals surface area contributed by atoms with E-state index in [0.29, 0.717) is 6.10 Å². The van der Waals surface area contributed by atoms with Gasteiger partial charge in [0.2, 0.25) is 0 Å². The van der Waals surface area contributed by atoms with Gasteiger partial charge in [-0.05, 0) is 73.8 Å². The molecule has 0 unspecified atom stereocenters. The van der Waals surface area contributed by atoms with Gasteiger partial charge in [-0.15, -0.1) is 0 Å². The summed E-state index contributed by atoms with van der Waals surface area (Å²) in [5, 5.41) is 0.